The molecule has 5 heterocycles. The van der Waals surface area contributed by atoms with Crippen molar-refractivity contribution in [3.8, 4) is 5.82 Å². The molecule has 3 aromatic rings. The Kier molecular flexibility index (Phi) is 6.43. The van der Waals surface area contributed by atoms with Crippen LogP contribution in [0.2, 0.25) is 0 Å². The van der Waals surface area contributed by atoms with Crippen LogP contribution in [0.4, 0.5) is 0 Å². The standard InChI is InChI=1S/C24H28N6OS/c32-24-27-22(19-7-1-3-10-25-19)23(30(24)14-6-12-28-15-17-31-18-16-28)20-8-5-13-29(20)21-9-2-4-11-26-21/h1-5,7-11,13,22-23H,6,12,14-18H2,(H,27,32)/t22-,23+/m1/s1. The van der Waals surface area contributed by atoms with Crippen LogP contribution in [0.15, 0.2) is 67.1 Å². The highest BCUT2D eigenvalue weighted by Gasteiger charge is 2.41. The third kappa shape index (κ3) is 4.39. The summed E-state index contributed by atoms with van der Waals surface area (Å²) < 4.78 is 7.64. The highest BCUT2D eigenvalue weighted by atomic mass is 32.1. The van der Waals surface area contributed by atoms with Gasteiger partial charge in [-0.3, -0.25) is 9.88 Å². The minimum absolute atomic E-state index is 0.0237. The largest absolute Gasteiger partial charge is 0.379 e. The van der Waals surface area contributed by atoms with Crippen LogP contribution in [-0.4, -0.2) is 68.8 Å². The summed E-state index contributed by atoms with van der Waals surface area (Å²) in [5, 5.41) is 4.33. The van der Waals surface area contributed by atoms with E-state index in [4.69, 9.17) is 17.0 Å². The minimum atomic E-state index is -0.0237. The maximum Gasteiger partial charge on any atom is 0.170 e. The molecule has 166 valence electrons. The van der Waals surface area contributed by atoms with E-state index in [0.29, 0.717) is 0 Å². The van der Waals surface area contributed by atoms with Crippen molar-refractivity contribution in [2.24, 2.45) is 0 Å². The Balaban J connectivity index is 1.43. The third-order valence-electron chi connectivity index (χ3n) is 6.15. The molecule has 0 bridgehead atoms. The summed E-state index contributed by atoms with van der Waals surface area (Å²) in [6, 6.07) is 16.3. The lowest BCUT2D eigenvalue weighted by Gasteiger charge is -2.30. The Labute approximate surface area is 194 Å². The van der Waals surface area contributed by atoms with Crippen LogP contribution in [-0.2, 0) is 4.74 Å². The quantitative estimate of drug-likeness (QED) is 0.558. The molecule has 8 heteroatoms. The van der Waals surface area contributed by atoms with Crippen LogP contribution in [0.3, 0.4) is 0 Å². The van der Waals surface area contributed by atoms with Gasteiger partial charge < -0.3 is 19.5 Å². The van der Waals surface area contributed by atoms with Crippen molar-refractivity contribution < 1.29 is 4.74 Å². The number of hydrogen-bond acceptors (Lipinski definition) is 5. The van der Waals surface area contributed by atoms with E-state index < -0.39 is 0 Å². The molecule has 1 N–H and O–H groups in total. The molecule has 2 aliphatic heterocycles. The molecule has 5 rings (SSSR count). The number of rotatable bonds is 7. The summed E-state index contributed by atoms with van der Waals surface area (Å²) in [6.07, 6.45) is 6.78. The van der Waals surface area contributed by atoms with Gasteiger partial charge in [-0.25, -0.2) is 4.98 Å². The van der Waals surface area contributed by atoms with Crippen molar-refractivity contribution in [1.29, 1.82) is 0 Å². The first kappa shape index (κ1) is 21.1. The molecule has 2 aliphatic rings. The topological polar surface area (TPSA) is 58.5 Å². The lowest BCUT2D eigenvalue weighted by Crippen LogP contribution is -2.39. The third-order valence-corrected chi connectivity index (χ3v) is 6.51. The number of nitrogens with zero attached hydrogens (tertiary/aromatic N) is 5. The van der Waals surface area contributed by atoms with E-state index in [2.05, 4.69) is 54.0 Å². The molecular weight excluding hydrogens is 420 g/mol. The Hall–Kier alpha value is -2.81. The van der Waals surface area contributed by atoms with Crippen molar-refractivity contribution in [3.05, 3.63) is 78.5 Å². The summed E-state index contributed by atoms with van der Waals surface area (Å²) in [5.41, 5.74) is 2.14. The molecule has 2 atom stereocenters. The number of morpholine rings is 1. The van der Waals surface area contributed by atoms with Gasteiger partial charge >= 0.3 is 0 Å². The number of nitrogens with one attached hydrogen (secondary N) is 1. The molecular formula is C24H28N6OS. The summed E-state index contributed by atoms with van der Waals surface area (Å²) in [6.45, 7) is 5.59. The molecule has 0 aromatic carbocycles. The lowest BCUT2D eigenvalue weighted by atomic mass is 10.0. The molecule has 3 aromatic heterocycles. The zero-order chi connectivity index (χ0) is 21.8. The zero-order valence-corrected chi connectivity index (χ0v) is 18.8. The molecule has 7 nitrogen and oxygen atoms in total. The minimum Gasteiger partial charge on any atom is -0.379 e. The molecule has 2 fully saturated rings. The fourth-order valence-electron chi connectivity index (χ4n) is 4.60. The van der Waals surface area contributed by atoms with Crippen LogP contribution in [0.5, 0.6) is 0 Å². The number of hydrogen-bond donors (Lipinski definition) is 1. The summed E-state index contributed by atoms with van der Waals surface area (Å²) in [5.74, 6) is 0.901. The first-order chi connectivity index (χ1) is 15.8. The predicted octanol–water partition coefficient (Wildman–Crippen LogP) is 2.96. The second kappa shape index (κ2) is 9.77. The van der Waals surface area contributed by atoms with E-state index in [1.54, 1.807) is 0 Å². The van der Waals surface area contributed by atoms with Gasteiger partial charge in [0.1, 0.15) is 5.82 Å². The molecule has 32 heavy (non-hydrogen) atoms. The summed E-state index contributed by atoms with van der Waals surface area (Å²) in [7, 11) is 0. The molecule has 0 amide bonds. The van der Waals surface area contributed by atoms with Crippen molar-refractivity contribution in [3.63, 3.8) is 0 Å². The number of pyridine rings is 2. The van der Waals surface area contributed by atoms with Crippen molar-refractivity contribution in [1.82, 2.24) is 29.7 Å². The predicted molar refractivity (Wildman–Crippen MR) is 128 cm³/mol. The summed E-state index contributed by atoms with van der Waals surface area (Å²) >= 11 is 5.83. The van der Waals surface area contributed by atoms with Gasteiger partial charge in [0.2, 0.25) is 0 Å². The first-order valence-corrected chi connectivity index (χ1v) is 11.6. The molecule has 2 saturated heterocycles. The molecule has 0 saturated carbocycles. The van der Waals surface area contributed by atoms with Crippen LogP contribution in [0.1, 0.15) is 29.9 Å². The van der Waals surface area contributed by atoms with Crippen LogP contribution in [0, 0.1) is 0 Å². The average Bonchev–Trinajstić information content (AvgIpc) is 3.45. The number of aromatic nitrogens is 3. The van der Waals surface area contributed by atoms with Crippen molar-refractivity contribution in [2.45, 2.75) is 18.5 Å². The van der Waals surface area contributed by atoms with Gasteiger partial charge in [0, 0.05) is 50.5 Å². The fraction of sp³-hybridized carbons (Fsp3) is 0.375. The van der Waals surface area contributed by atoms with Gasteiger partial charge in [-0.05, 0) is 55.0 Å². The highest BCUT2D eigenvalue weighted by Crippen LogP contribution is 2.39. The van der Waals surface area contributed by atoms with Crippen LogP contribution in [0.25, 0.3) is 5.82 Å². The number of ether oxygens (including phenoxy) is 1. The second-order valence-electron chi connectivity index (χ2n) is 8.12. The zero-order valence-electron chi connectivity index (χ0n) is 18.0. The first-order valence-electron chi connectivity index (χ1n) is 11.2. The number of thiocarbonyl (C=S) groups is 1. The summed E-state index contributed by atoms with van der Waals surface area (Å²) in [4.78, 5) is 14.0. The Morgan fingerprint density at radius 3 is 2.53 bits per heavy atom. The molecule has 0 radical (unpaired) electrons. The smallest absolute Gasteiger partial charge is 0.170 e. The van der Waals surface area contributed by atoms with E-state index in [-0.39, 0.29) is 12.1 Å². The lowest BCUT2D eigenvalue weighted by molar-refractivity contribution is 0.0365. The Morgan fingerprint density at radius 2 is 1.78 bits per heavy atom. The van der Waals surface area contributed by atoms with E-state index in [1.807, 2.05) is 42.7 Å². The second-order valence-corrected chi connectivity index (χ2v) is 8.51. The maximum atomic E-state index is 5.83. The van der Waals surface area contributed by atoms with Crippen LogP contribution >= 0.6 is 12.2 Å². The van der Waals surface area contributed by atoms with E-state index in [1.165, 1.54) is 0 Å². The van der Waals surface area contributed by atoms with Gasteiger partial charge in [-0.1, -0.05) is 12.1 Å². The SMILES string of the molecule is S=C1N[C@H](c2ccccn2)[C@H](c2cccn2-c2ccccn2)N1CCCN1CCOCC1. The Morgan fingerprint density at radius 1 is 0.969 bits per heavy atom. The van der Waals surface area contributed by atoms with Crippen LogP contribution < -0.4 is 5.32 Å². The highest BCUT2D eigenvalue weighted by molar-refractivity contribution is 7.80. The van der Waals surface area contributed by atoms with Gasteiger partial charge in [0.25, 0.3) is 0 Å². The van der Waals surface area contributed by atoms with E-state index in [0.717, 1.165) is 68.1 Å². The normalized spacial score (nSPS) is 21.6. The molecule has 0 spiro atoms. The van der Waals surface area contributed by atoms with E-state index >= 15 is 0 Å². The average molecular weight is 449 g/mol. The molecule has 0 aliphatic carbocycles. The van der Waals surface area contributed by atoms with Crippen molar-refractivity contribution in [2.75, 3.05) is 39.4 Å². The van der Waals surface area contributed by atoms with Gasteiger partial charge in [-0.15, -0.1) is 0 Å². The van der Waals surface area contributed by atoms with Gasteiger partial charge in [0.05, 0.1) is 31.0 Å². The van der Waals surface area contributed by atoms with Crippen molar-refractivity contribution >= 4 is 17.3 Å². The molecule has 0 unspecified atom stereocenters. The van der Waals surface area contributed by atoms with Gasteiger partial charge in [0.15, 0.2) is 5.11 Å². The monoisotopic (exact) mass is 448 g/mol. The van der Waals surface area contributed by atoms with E-state index in [9.17, 15) is 0 Å². The Bertz CT molecular complexity index is 1020. The fourth-order valence-corrected chi connectivity index (χ4v) is 4.93. The maximum absolute atomic E-state index is 5.83. The van der Waals surface area contributed by atoms with Gasteiger partial charge in [-0.2, -0.15) is 0 Å².